The van der Waals surface area contributed by atoms with Crippen molar-refractivity contribution in [3.05, 3.63) is 71.6 Å². The second-order valence-electron chi connectivity index (χ2n) is 7.60. The van der Waals surface area contributed by atoms with Crippen LogP contribution in [0, 0.1) is 19.7 Å². The molecule has 0 aliphatic rings. The number of nitrogens with zero attached hydrogens (tertiary/aromatic N) is 5. The first-order valence-electron chi connectivity index (χ1n) is 10.1. The molecule has 0 fully saturated rings. The summed E-state index contributed by atoms with van der Waals surface area (Å²) in [6.07, 6.45) is 2.72. The molecule has 0 amide bonds. The van der Waals surface area contributed by atoms with Crippen LogP contribution in [0.25, 0.3) is 0 Å². The molecule has 0 atom stereocenters. The van der Waals surface area contributed by atoms with Crippen molar-refractivity contribution in [2.75, 3.05) is 16.3 Å². The fourth-order valence-electron chi connectivity index (χ4n) is 3.34. The summed E-state index contributed by atoms with van der Waals surface area (Å²) in [6.45, 7) is 7.83. The van der Waals surface area contributed by atoms with Gasteiger partial charge in [0.1, 0.15) is 5.82 Å². The number of halogens is 1. The van der Waals surface area contributed by atoms with E-state index in [1.807, 2.05) is 31.5 Å². The highest BCUT2D eigenvalue weighted by Crippen LogP contribution is 2.24. The molecule has 0 spiro atoms. The molecule has 0 aliphatic carbocycles. The van der Waals surface area contributed by atoms with Crippen molar-refractivity contribution in [3.8, 4) is 0 Å². The molecule has 11 heteroatoms. The summed E-state index contributed by atoms with van der Waals surface area (Å²) in [5.41, 5.74) is 2.87. The molecule has 0 bridgehead atoms. The number of rotatable bonds is 10. The van der Waals surface area contributed by atoms with E-state index in [4.69, 9.17) is 0 Å². The van der Waals surface area contributed by atoms with Gasteiger partial charge in [0.15, 0.2) is 16.8 Å². The fraction of sp³-hybridized carbons (Fsp3) is 0.318. The lowest BCUT2D eigenvalue weighted by Gasteiger charge is -2.22. The summed E-state index contributed by atoms with van der Waals surface area (Å²) in [5.74, 6) is 0.0494. The summed E-state index contributed by atoms with van der Waals surface area (Å²) in [5, 5.41) is 8.83. The van der Waals surface area contributed by atoms with Crippen LogP contribution in [0.3, 0.4) is 0 Å². The first-order valence-corrected chi connectivity index (χ1v) is 12.9. The maximum Gasteiger partial charge on any atom is 0.232 e. The van der Waals surface area contributed by atoms with Gasteiger partial charge in [-0.1, -0.05) is 17.8 Å². The van der Waals surface area contributed by atoms with Crippen molar-refractivity contribution < 1.29 is 17.6 Å². The van der Waals surface area contributed by atoms with Crippen LogP contribution >= 0.6 is 11.8 Å². The minimum atomic E-state index is -3.68. The Morgan fingerprint density at radius 3 is 2.45 bits per heavy atom. The van der Waals surface area contributed by atoms with E-state index in [1.54, 1.807) is 10.6 Å². The number of thioether (sulfide) groups is 1. The number of allylic oxidation sites excluding steroid dienone is 1. The zero-order valence-corrected chi connectivity index (χ0v) is 20.6. The number of hydrogen-bond donors (Lipinski definition) is 0. The number of ketones is 1. The highest BCUT2D eigenvalue weighted by molar-refractivity contribution is 7.99. The Morgan fingerprint density at radius 2 is 1.91 bits per heavy atom. The molecule has 2 heterocycles. The number of aryl methyl sites for hydroxylation is 1. The summed E-state index contributed by atoms with van der Waals surface area (Å²) in [7, 11) is -1.77. The quantitative estimate of drug-likeness (QED) is 0.245. The minimum Gasteiger partial charge on any atom is -0.351 e. The Labute approximate surface area is 197 Å². The maximum absolute atomic E-state index is 13.3. The van der Waals surface area contributed by atoms with Crippen LogP contribution in [0.5, 0.6) is 0 Å². The first-order chi connectivity index (χ1) is 15.5. The van der Waals surface area contributed by atoms with E-state index < -0.39 is 15.8 Å². The van der Waals surface area contributed by atoms with Gasteiger partial charge in [-0.05, 0) is 44.2 Å². The van der Waals surface area contributed by atoms with Gasteiger partial charge < -0.3 is 9.13 Å². The molecule has 8 nitrogen and oxygen atoms in total. The Hall–Kier alpha value is -2.92. The van der Waals surface area contributed by atoms with Gasteiger partial charge >= 0.3 is 0 Å². The predicted octanol–water partition coefficient (Wildman–Crippen LogP) is 3.50. The zero-order chi connectivity index (χ0) is 24.3. The molecular formula is C22H26FN5O3S2. The van der Waals surface area contributed by atoms with Gasteiger partial charge in [0.05, 0.1) is 24.2 Å². The van der Waals surface area contributed by atoms with Gasteiger partial charge in [0.25, 0.3) is 0 Å². The molecule has 0 saturated heterocycles. The van der Waals surface area contributed by atoms with E-state index in [0.29, 0.717) is 28.8 Å². The van der Waals surface area contributed by atoms with Gasteiger partial charge in [-0.2, -0.15) is 0 Å². The van der Waals surface area contributed by atoms with Crippen molar-refractivity contribution >= 4 is 33.3 Å². The topological polar surface area (TPSA) is 90.1 Å². The Balaban J connectivity index is 1.85. The van der Waals surface area contributed by atoms with E-state index in [1.165, 1.54) is 36.0 Å². The Bertz CT molecular complexity index is 1280. The van der Waals surface area contributed by atoms with Crippen LogP contribution in [0.4, 0.5) is 10.1 Å². The van der Waals surface area contributed by atoms with Gasteiger partial charge in [-0.15, -0.1) is 16.8 Å². The van der Waals surface area contributed by atoms with Crippen molar-refractivity contribution in [2.45, 2.75) is 32.1 Å². The lowest BCUT2D eigenvalue weighted by Crippen LogP contribution is -2.30. The maximum atomic E-state index is 13.3. The first kappa shape index (κ1) is 24.7. The van der Waals surface area contributed by atoms with Crippen molar-refractivity contribution in [3.63, 3.8) is 0 Å². The normalized spacial score (nSPS) is 11.5. The van der Waals surface area contributed by atoms with Gasteiger partial charge in [0.2, 0.25) is 10.0 Å². The van der Waals surface area contributed by atoms with E-state index in [2.05, 4.69) is 16.8 Å². The van der Waals surface area contributed by atoms with E-state index in [9.17, 15) is 17.6 Å². The molecule has 33 heavy (non-hydrogen) atoms. The summed E-state index contributed by atoms with van der Waals surface area (Å²) >= 11 is 1.23. The zero-order valence-electron chi connectivity index (χ0n) is 18.9. The largest absolute Gasteiger partial charge is 0.351 e. The molecule has 176 valence electrons. The molecule has 0 N–H and O–H groups in total. The molecule has 3 rings (SSSR count). The Morgan fingerprint density at radius 1 is 1.24 bits per heavy atom. The van der Waals surface area contributed by atoms with Crippen LogP contribution in [0.2, 0.25) is 0 Å². The molecule has 2 aromatic heterocycles. The van der Waals surface area contributed by atoms with Gasteiger partial charge in [-0.25, -0.2) is 12.8 Å². The standard InChI is InChI=1S/C22H26FN5O3S2/c1-6-11-27-21(13-28(33(5,30)31)18-9-7-17(23)8-10-18)24-25-22(27)32-14-20(29)19-12-15(2)26(4)16(19)3/h6-10,12H,1,11,13-14H2,2-5H3. The second-order valence-corrected chi connectivity index (χ2v) is 10.4. The number of hydrogen-bond acceptors (Lipinski definition) is 6. The summed E-state index contributed by atoms with van der Waals surface area (Å²) in [4.78, 5) is 12.8. The Kier molecular flexibility index (Phi) is 7.43. The number of anilines is 1. The lowest BCUT2D eigenvalue weighted by molar-refractivity contribution is 0.102. The molecule has 1 aromatic carbocycles. The lowest BCUT2D eigenvalue weighted by atomic mass is 10.2. The average Bonchev–Trinajstić information content (AvgIpc) is 3.26. The molecule has 3 aromatic rings. The number of sulfonamides is 1. The van der Waals surface area contributed by atoms with E-state index in [-0.39, 0.29) is 18.1 Å². The molecule has 0 unspecified atom stereocenters. The number of Topliss-reactive ketones (excluding diaryl/α,β-unsaturated/α-hetero) is 1. The highest BCUT2D eigenvalue weighted by atomic mass is 32.2. The number of aromatic nitrogens is 4. The number of carbonyl (C=O) groups excluding carboxylic acids is 1. The number of carbonyl (C=O) groups is 1. The highest BCUT2D eigenvalue weighted by Gasteiger charge is 2.23. The van der Waals surface area contributed by atoms with Crippen LogP contribution in [-0.2, 0) is 30.2 Å². The van der Waals surface area contributed by atoms with Crippen molar-refractivity contribution in [2.24, 2.45) is 7.05 Å². The number of benzene rings is 1. The fourth-order valence-corrected chi connectivity index (χ4v) is 5.04. The van der Waals surface area contributed by atoms with Crippen LogP contribution in [-0.4, -0.2) is 45.5 Å². The van der Waals surface area contributed by atoms with E-state index >= 15 is 0 Å². The van der Waals surface area contributed by atoms with Gasteiger partial charge in [0, 0.05) is 30.5 Å². The summed E-state index contributed by atoms with van der Waals surface area (Å²) in [6, 6.07) is 7.04. The monoisotopic (exact) mass is 491 g/mol. The third-order valence-electron chi connectivity index (χ3n) is 5.31. The van der Waals surface area contributed by atoms with Crippen molar-refractivity contribution in [1.29, 1.82) is 0 Å². The second kappa shape index (κ2) is 9.92. The minimum absolute atomic E-state index is 0.0278. The molecule has 0 aliphatic heterocycles. The average molecular weight is 492 g/mol. The third kappa shape index (κ3) is 5.53. The van der Waals surface area contributed by atoms with Crippen LogP contribution < -0.4 is 4.31 Å². The smallest absolute Gasteiger partial charge is 0.232 e. The van der Waals surface area contributed by atoms with Crippen molar-refractivity contribution in [1.82, 2.24) is 19.3 Å². The van der Waals surface area contributed by atoms with Crippen LogP contribution in [0.15, 0.2) is 48.1 Å². The molecular weight excluding hydrogens is 465 g/mol. The molecule has 0 radical (unpaired) electrons. The van der Waals surface area contributed by atoms with Crippen LogP contribution in [0.1, 0.15) is 27.6 Å². The molecule has 0 saturated carbocycles. The van der Waals surface area contributed by atoms with Gasteiger partial charge in [-0.3, -0.25) is 9.10 Å². The SMILES string of the molecule is C=CCn1c(CN(c2ccc(F)cc2)S(C)(=O)=O)nnc1SCC(=O)c1cc(C)n(C)c1C. The summed E-state index contributed by atoms with van der Waals surface area (Å²) < 4.78 is 43.0. The van der Waals surface area contributed by atoms with E-state index in [0.717, 1.165) is 21.9 Å². The predicted molar refractivity (Wildman–Crippen MR) is 128 cm³/mol. The third-order valence-corrected chi connectivity index (χ3v) is 7.42.